The van der Waals surface area contributed by atoms with Crippen molar-refractivity contribution in [1.82, 2.24) is 9.55 Å². The molecule has 2 rings (SSSR count). The van der Waals surface area contributed by atoms with E-state index < -0.39 is 5.97 Å². The van der Waals surface area contributed by atoms with Crippen molar-refractivity contribution in [2.45, 2.75) is 33.7 Å². The summed E-state index contributed by atoms with van der Waals surface area (Å²) in [6, 6.07) is 3.39. The molecule has 2 aromatic heterocycles. The van der Waals surface area contributed by atoms with Gasteiger partial charge in [0.2, 0.25) is 0 Å². The molecule has 0 fully saturated rings. The molecule has 112 valence electrons. The van der Waals surface area contributed by atoms with E-state index in [9.17, 15) is 9.59 Å². The largest absolute Gasteiger partial charge is 0.465 e. The Hall–Kier alpha value is -2.17. The Morgan fingerprint density at radius 2 is 2.14 bits per heavy atom. The van der Waals surface area contributed by atoms with Gasteiger partial charge in [-0.2, -0.15) is 0 Å². The molecule has 0 aliphatic carbocycles. The van der Waals surface area contributed by atoms with Crippen molar-refractivity contribution in [2.24, 2.45) is 5.92 Å². The highest BCUT2D eigenvalue weighted by Gasteiger charge is 2.14. The fourth-order valence-electron chi connectivity index (χ4n) is 2.20. The Kier molecular flexibility index (Phi) is 4.40. The van der Waals surface area contributed by atoms with Crippen LogP contribution >= 0.6 is 0 Å². The third-order valence-electron chi connectivity index (χ3n) is 3.50. The lowest BCUT2D eigenvalue weighted by molar-refractivity contribution is 0.0599. The number of pyridine rings is 2. The molecule has 0 aliphatic heterocycles. The highest BCUT2D eigenvalue weighted by atomic mass is 16.5. The van der Waals surface area contributed by atoms with Crippen LogP contribution in [0.5, 0.6) is 0 Å². The Morgan fingerprint density at radius 1 is 1.43 bits per heavy atom. The second-order valence-corrected chi connectivity index (χ2v) is 5.54. The van der Waals surface area contributed by atoms with E-state index in [0.29, 0.717) is 34.6 Å². The smallest absolute Gasteiger partial charge is 0.339 e. The summed E-state index contributed by atoms with van der Waals surface area (Å²) in [6.45, 7) is 6.63. The predicted octanol–water partition coefficient (Wildman–Crippen LogP) is 2.54. The average molecular weight is 288 g/mol. The van der Waals surface area contributed by atoms with E-state index in [2.05, 4.69) is 18.8 Å². The van der Waals surface area contributed by atoms with Crippen molar-refractivity contribution in [3.63, 3.8) is 0 Å². The zero-order valence-electron chi connectivity index (χ0n) is 12.8. The summed E-state index contributed by atoms with van der Waals surface area (Å²) < 4.78 is 6.39. The first-order valence-corrected chi connectivity index (χ1v) is 7.03. The molecule has 0 spiro atoms. The van der Waals surface area contributed by atoms with Gasteiger partial charge in [0.1, 0.15) is 0 Å². The Balaban J connectivity index is 2.55. The van der Waals surface area contributed by atoms with E-state index in [0.717, 1.165) is 6.42 Å². The summed E-state index contributed by atoms with van der Waals surface area (Å²) in [7, 11) is 1.32. The lowest BCUT2D eigenvalue weighted by Gasteiger charge is -2.10. The summed E-state index contributed by atoms with van der Waals surface area (Å²) >= 11 is 0. The maximum Gasteiger partial charge on any atom is 0.339 e. The van der Waals surface area contributed by atoms with E-state index in [1.54, 1.807) is 23.8 Å². The van der Waals surface area contributed by atoms with Gasteiger partial charge in [0.15, 0.2) is 0 Å². The fraction of sp³-hybridized carbons (Fsp3) is 0.438. The number of nitrogens with zero attached hydrogens (tertiary/aromatic N) is 2. The number of methoxy groups -OCH3 is 1. The quantitative estimate of drug-likeness (QED) is 0.811. The number of rotatable bonds is 4. The van der Waals surface area contributed by atoms with Gasteiger partial charge in [0.05, 0.1) is 29.3 Å². The van der Waals surface area contributed by atoms with Crippen LogP contribution in [0.2, 0.25) is 0 Å². The van der Waals surface area contributed by atoms with Crippen molar-refractivity contribution < 1.29 is 9.53 Å². The first kappa shape index (κ1) is 15.2. The topological polar surface area (TPSA) is 61.2 Å². The zero-order chi connectivity index (χ0) is 15.6. The lowest BCUT2D eigenvalue weighted by atomic mass is 10.1. The second kappa shape index (κ2) is 6.08. The molecule has 0 saturated heterocycles. The third-order valence-corrected chi connectivity index (χ3v) is 3.50. The molecule has 5 heteroatoms. The van der Waals surface area contributed by atoms with Gasteiger partial charge < -0.3 is 9.30 Å². The average Bonchev–Trinajstić information content (AvgIpc) is 2.45. The van der Waals surface area contributed by atoms with Crippen LogP contribution in [-0.2, 0) is 11.3 Å². The maximum atomic E-state index is 12.5. The lowest BCUT2D eigenvalue weighted by Crippen LogP contribution is -2.21. The molecule has 0 amide bonds. The zero-order valence-corrected chi connectivity index (χ0v) is 12.8. The molecule has 0 saturated carbocycles. The van der Waals surface area contributed by atoms with Crippen LogP contribution in [0.15, 0.2) is 23.1 Å². The maximum absolute atomic E-state index is 12.5. The molecule has 0 unspecified atom stereocenters. The molecule has 2 aromatic rings. The van der Waals surface area contributed by atoms with Crippen LogP contribution in [0.25, 0.3) is 10.9 Å². The van der Waals surface area contributed by atoms with E-state index in [1.165, 1.54) is 7.11 Å². The van der Waals surface area contributed by atoms with Crippen molar-refractivity contribution in [3.05, 3.63) is 39.9 Å². The van der Waals surface area contributed by atoms with Crippen LogP contribution in [0.3, 0.4) is 0 Å². The fourth-order valence-corrected chi connectivity index (χ4v) is 2.20. The first-order chi connectivity index (χ1) is 9.93. The molecule has 0 N–H and O–H groups in total. The number of hydrogen-bond acceptors (Lipinski definition) is 4. The molecule has 5 nitrogen and oxygen atoms in total. The van der Waals surface area contributed by atoms with Crippen molar-refractivity contribution in [2.75, 3.05) is 7.11 Å². The third kappa shape index (κ3) is 3.12. The summed E-state index contributed by atoms with van der Waals surface area (Å²) in [5.41, 5.74) is 1.38. The van der Waals surface area contributed by atoms with Gasteiger partial charge >= 0.3 is 5.97 Å². The second-order valence-electron chi connectivity index (χ2n) is 5.54. The number of hydrogen-bond donors (Lipinski definition) is 0. The van der Waals surface area contributed by atoms with Gasteiger partial charge in [0.25, 0.3) is 5.56 Å². The molecular formula is C16H20N2O3. The summed E-state index contributed by atoms with van der Waals surface area (Å²) in [5.74, 6) is 0.0493. The van der Waals surface area contributed by atoms with Crippen LogP contribution < -0.4 is 5.56 Å². The van der Waals surface area contributed by atoms with Crippen LogP contribution in [-0.4, -0.2) is 22.6 Å². The molecule has 0 bridgehead atoms. The summed E-state index contributed by atoms with van der Waals surface area (Å²) in [5, 5.41) is 0.451. The number of ether oxygens (including phenoxy) is 1. The molecule has 0 radical (unpaired) electrons. The first-order valence-electron chi connectivity index (χ1n) is 7.03. The van der Waals surface area contributed by atoms with Gasteiger partial charge in [-0.05, 0) is 31.4 Å². The van der Waals surface area contributed by atoms with Crippen LogP contribution in [0, 0.1) is 12.8 Å². The highest BCUT2D eigenvalue weighted by molar-refractivity contribution is 5.94. The van der Waals surface area contributed by atoms with Gasteiger partial charge in [-0.25, -0.2) is 4.79 Å². The Labute approximate surface area is 123 Å². The van der Waals surface area contributed by atoms with Gasteiger partial charge in [-0.15, -0.1) is 0 Å². The SMILES string of the molecule is COC(=O)c1cc2c(=O)n(CCC(C)C)ccc2nc1C. The van der Waals surface area contributed by atoms with Crippen LogP contribution in [0.4, 0.5) is 0 Å². The molecule has 2 heterocycles. The minimum Gasteiger partial charge on any atom is -0.465 e. The monoisotopic (exact) mass is 288 g/mol. The number of aryl methyl sites for hydroxylation is 2. The van der Waals surface area contributed by atoms with Crippen LogP contribution in [0.1, 0.15) is 36.3 Å². The number of esters is 1. The van der Waals surface area contributed by atoms with Crippen molar-refractivity contribution in [1.29, 1.82) is 0 Å². The Morgan fingerprint density at radius 3 is 2.76 bits per heavy atom. The molecule has 0 aliphatic rings. The Bertz CT molecular complexity index is 732. The van der Waals surface area contributed by atoms with E-state index in [1.807, 2.05) is 6.07 Å². The van der Waals surface area contributed by atoms with E-state index >= 15 is 0 Å². The standard InChI is InChI=1S/C16H20N2O3/c1-10(2)5-7-18-8-6-14-13(15(18)19)9-12(11(3)17-14)16(20)21-4/h6,8-10H,5,7H2,1-4H3. The minimum absolute atomic E-state index is 0.120. The van der Waals surface area contributed by atoms with E-state index in [-0.39, 0.29) is 5.56 Å². The predicted molar refractivity (Wildman–Crippen MR) is 81.5 cm³/mol. The number of aromatic nitrogens is 2. The number of carbonyl (C=O) groups excluding carboxylic acids is 1. The van der Waals surface area contributed by atoms with Gasteiger partial charge in [0, 0.05) is 12.7 Å². The molecule has 21 heavy (non-hydrogen) atoms. The van der Waals surface area contributed by atoms with Gasteiger partial charge in [-0.1, -0.05) is 13.8 Å². The highest BCUT2D eigenvalue weighted by Crippen LogP contribution is 2.14. The molecule has 0 aromatic carbocycles. The normalized spacial score (nSPS) is 11.1. The van der Waals surface area contributed by atoms with Crippen molar-refractivity contribution in [3.8, 4) is 0 Å². The minimum atomic E-state index is -0.473. The summed E-state index contributed by atoms with van der Waals surface area (Å²) in [4.78, 5) is 28.5. The van der Waals surface area contributed by atoms with E-state index in [4.69, 9.17) is 4.74 Å². The summed E-state index contributed by atoms with van der Waals surface area (Å²) in [6.07, 6.45) is 2.69. The number of carbonyl (C=O) groups is 1. The van der Waals surface area contributed by atoms with Gasteiger partial charge in [-0.3, -0.25) is 9.78 Å². The van der Waals surface area contributed by atoms with Crippen molar-refractivity contribution >= 4 is 16.9 Å². The number of fused-ring (bicyclic) bond motifs is 1. The molecular weight excluding hydrogens is 268 g/mol. The molecule has 0 atom stereocenters.